The molecule has 1 aliphatic heterocycles. The number of nitrogens with one attached hydrogen (secondary N) is 1. The van der Waals surface area contributed by atoms with Crippen LogP contribution in [0.3, 0.4) is 0 Å². The normalized spacial score (nSPS) is 19.4. The van der Waals surface area contributed by atoms with E-state index in [0.717, 1.165) is 13.1 Å². The van der Waals surface area contributed by atoms with Gasteiger partial charge in [0.1, 0.15) is 6.54 Å². The second kappa shape index (κ2) is 6.51. The summed E-state index contributed by atoms with van der Waals surface area (Å²) >= 11 is 1.86. The Morgan fingerprint density at radius 3 is 2.78 bits per heavy atom. The summed E-state index contributed by atoms with van der Waals surface area (Å²) in [4.78, 5) is 1.41. The molecule has 0 amide bonds. The van der Waals surface area contributed by atoms with Gasteiger partial charge in [-0.1, -0.05) is 6.07 Å². The molecule has 0 unspecified atom stereocenters. The van der Waals surface area contributed by atoms with E-state index in [9.17, 15) is 13.2 Å². The molecular weight excluding hydrogens is 418 g/mol. The fourth-order valence-corrected chi connectivity index (χ4v) is 3.79. The highest BCUT2D eigenvalue weighted by molar-refractivity contribution is 14.1. The van der Waals surface area contributed by atoms with Gasteiger partial charge in [0.2, 0.25) is 0 Å². The number of halogens is 4. The summed E-state index contributed by atoms with van der Waals surface area (Å²) in [6, 6.07) is 6.37. The lowest BCUT2D eigenvalue weighted by Crippen LogP contribution is -2.41. The zero-order chi connectivity index (χ0) is 19.1. The Labute approximate surface area is 151 Å². The predicted molar refractivity (Wildman–Crippen MR) is 95.0 cm³/mol. The van der Waals surface area contributed by atoms with E-state index in [1.807, 2.05) is 22.6 Å². The van der Waals surface area contributed by atoms with Crippen molar-refractivity contribution in [2.75, 3.05) is 25.0 Å². The summed E-state index contributed by atoms with van der Waals surface area (Å²) in [6.07, 6.45) is -3.00. The molecule has 0 spiro atoms. The van der Waals surface area contributed by atoms with Gasteiger partial charge in [-0.15, -0.1) is 0 Å². The minimum atomic E-state index is -4.35. The Kier molecular flexibility index (Phi) is 3.77. The van der Waals surface area contributed by atoms with Crippen LogP contribution in [0.2, 0.25) is 0 Å². The maximum absolute atomic E-state index is 12.9. The zero-order valence-corrected chi connectivity index (χ0v) is 14.5. The first-order valence-electron chi connectivity index (χ1n) is 8.92. The molecule has 2 aromatic rings. The first-order valence-corrected chi connectivity index (χ1v) is 8.50. The first kappa shape index (κ1) is 13.3. The minimum Gasteiger partial charge on any atom is -0.371 e. The van der Waals surface area contributed by atoms with Crippen LogP contribution >= 0.6 is 22.6 Å². The van der Waals surface area contributed by atoms with Gasteiger partial charge in [0, 0.05) is 28.2 Å². The van der Waals surface area contributed by atoms with Crippen molar-refractivity contribution in [2.45, 2.75) is 31.6 Å². The second-order valence-electron chi connectivity index (χ2n) is 5.73. The number of piperidine rings is 1. The molecule has 0 aliphatic carbocycles. The molecule has 0 atom stereocenters. The number of rotatable bonds is 3. The van der Waals surface area contributed by atoms with Gasteiger partial charge in [-0.2, -0.15) is 13.2 Å². The molecule has 0 radical (unpaired) electrons. The summed E-state index contributed by atoms with van der Waals surface area (Å²) in [5, 5.41) is 3.75. The third-order valence-corrected chi connectivity index (χ3v) is 5.04. The lowest BCUT2D eigenvalue weighted by Gasteiger charge is -2.33. The van der Waals surface area contributed by atoms with Crippen molar-refractivity contribution in [3.05, 3.63) is 28.0 Å². The number of benzene rings is 1. The average Bonchev–Trinajstić information content (AvgIpc) is 2.83. The summed E-state index contributed by atoms with van der Waals surface area (Å²) < 4.78 is 64.4. The molecule has 1 aromatic carbocycles. The van der Waals surface area contributed by atoms with Crippen molar-refractivity contribution in [1.29, 1.82) is 0 Å². The Bertz CT molecular complexity index is 783. The fraction of sp³-hybridized carbons (Fsp3) is 0.500. The van der Waals surface area contributed by atoms with Crippen molar-refractivity contribution in [3.63, 3.8) is 0 Å². The number of nitrogens with zero attached hydrogens (tertiary/aromatic N) is 2. The van der Waals surface area contributed by atoms with E-state index in [2.05, 4.69) is 5.32 Å². The Hall–Kier alpha value is -0.960. The quantitative estimate of drug-likeness (QED) is 0.729. The number of alkyl halides is 3. The van der Waals surface area contributed by atoms with Gasteiger partial charge in [-0.25, -0.2) is 0 Å². The van der Waals surface area contributed by atoms with E-state index < -0.39 is 19.7 Å². The van der Waals surface area contributed by atoms with Crippen LogP contribution in [-0.4, -0.2) is 36.9 Å². The molecule has 1 aliphatic rings. The van der Waals surface area contributed by atoms with Gasteiger partial charge in [-0.3, -0.25) is 0 Å². The molecule has 0 bridgehead atoms. The first-order chi connectivity index (χ1) is 12.1. The van der Waals surface area contributed by atoms with E-state index in [4.69, 9.17) is 4.11 Å². The van der Waals surface area contributed by atoms with Crippen molar-refractivity contribution >= 4 is 39.2 Å². The average molecular weight is 440 g/mol. The van der Waals surface area contributed by atoms with Gasteiger partial charge in [0.25, 0.3) is 0 Å². The number of aromatic nitrogens is 1. The molecule has 1 fully saturated rings. The van der Waals surface area contributed by atoms with Crippen molar-refractivity contribution in [3.8, 4) is 0 Å². The Balaban J connectivity index is 2.12. The minimum absolute atomic E-state index is 0.182. The van der Waals surface area contributed by atoms with Gasteiger partial charge in [0.05, 0.1) is 9.22 Å². The van der Waals surface area contributed by atoms with Crippen LogP contribution in [0.1, 0.15) is 17.0 Å². The van der Waals surface area contributed by atoms with Gasteiger partial charge in [-0.05, 0) is 66.7 Å². The largest absolute Gasteiger partial charge is 0.406 e. The Morgan fingerprint density at radius 2 is 2.13 bits per heavy atom. The van der Waals surface area contributed by atoms with E-state index in [1.165, 1.54) is 9.47 Å². The van der Waals surface area contributed by atoms with E-state index in [1.54, 1.807) is 24.3 Å². The summed E-state index contributed by atoms with van der Waals surface area (Å²) in [7, 11) is 0. The Morgan fingerprint density at radius 1 is 1.39 bits per heavy atom. The van der Waals surface area contributed by atoms with Crippen molar-refractivity contribution in [2.24, 2.45) is 0 Å². The highest BCUT2D eigenvalue weighted by Gasteiger charge is 2.30. The lowest BCUT2D eigenvalue weighted by atomic mass is 10.0. The number of hydrogen-bond donors (Lipinski definition) is 1. The van der Waals surface area contributed by atoms with E-state index in [-0.39, 0.29) is 6.04 Å². The molecule has 1 aromatic heterocycles. The fourth-order valence-electron chi connectivity index (χ4n) is 3.05. The molecule has 1 saturated heterocycles. The second-order valence-corrected chi connectivity index (χ2v) is 6.83. The van der Waals surface area contributed by atoms with E-state index in [0.29, 0.717) is 33.1 Å². The summed E-state index contributed by atoms with van der Waals surface area (Å²) in [5.74, 6) is 0. The third kappa shape index (κ3) is 3.60. The molecule has 3 rings (SSSR count). The van der Waals surface area contributed by atoms with Crippen molar-refractivity contribution < 1.29 is 17.3 Å². The molecule has 1 N–H and O–H groups in total. The molecule has 3 nitrogen and oxygen atoms in total. The topological polar surface area (TPSA) is 20.2 Å². The maximum atomic E-state index is 12.9. The highest BCUT2D eigenvalue weighted by Crippen LogP contribution is 2.33. The van der Waals surface area contributed by atoms with Gasteiger partial charge < -0.3 is 14.8 Å². The zero-order valence-electron chi connectivity index (χ0n) is 15.3. The van der Waals surface area contributed by atoms with E-state index >= 15 is 0 Å². The molecule has 2 heterocycles. The van der Waals surface area contributed by atoms with Crippen LogP contribution in [0.15, 0.2) is 24.3 Å². The standard InChI is InChI=1S/C16H19F3IN3/c1-22(11-5-7-21-8-6-11)13-3-2-4-14-12(13)9-15(20)23(14)10-16(17,18)19/h2-4,9,11,21H,5-8,10H2,1H3/i1D3. The van der Waals surface area contributed by atoms with Crippen LogP contribution < -0.4 is 10.2 Å². The summed E-state index contributed by atoms with van der Waals surface area (Å²) in [6.45, 7) is -2.02. The lowest BCUT2D eigenvalue weighted by molar-refractivity contribution is -0.140. The van der Waals surface area contributed by atoms with Crippen molar-refractivity contribution in [1.82, 2.24) is 9.88 Å². The third-order valence-electron chi connectivity index (χ3n) is 4.14. The predicted octanol–water partition coefficient (Wildman–Crippen LogP) is 4.00. The van der Waals surface area contributed by atoms with Gasteiger partial charge in [0.15, 0.2) is 0 Å². The summed E-state index contributed by atoms with van der Waals surface area (Å²) in [5.41, 5.74) is 0.862. The smallest absolute Gasteiger partial charge is 0.371 e. The molecular formula is C16H19F3IN3. The SMILES string of the molecule is [2H]C([2H])([2H])N(c1cccc2c1cc(I)n2CC(F)(F)F)C1CCNCC1. The molecule has 126 valence electrons. The molecule has 23 heavy (non-hydrogen) atoms. The van der Waals surface area contributed by atoms with Crippen LogP contribution in [-0.2, 0) is 6.54 Å². The monoisotopic (exact) mass is 440 g/mol. The van der Waals surface area contributed by atoms with Gasteiger partial charge >= 0.3 is 6.18 Å². The number of anilines is 1. The highest BCUT2D eigenvalue weighted by atomic mass is 127. The molecule has 7 heteroatoms. The number of hydrogen-bond acceptors (Lipinski definition) is 2. The number of fused-ring (bicyclic) bond motifs is 1. The van der Waals surface area contributed by atoms with Crippen LogP contribution in [0.4, 0.5) is 18.9 Å². The van der Waals surface area contributed by atoms with Crippen LogP contribution in [0, 0.1) is 3.70 Å². The molecule has 0 saturated carbocycles. The van der Waals surface area contributed by atoms with Crippen LogP contribution in [0.5, 0.6) is 0 Å². The maximum Gasteiger partial charge on any atom is 0.406 e. The van der Waals surface area contributed by atoms with Crippen LogP contribution in [0.25, 0.3) is 10.9 Å².